The SMILES string of the molecule is C.CC(CN1CCN(c2ccc(C(C)(C)C)cc2)CC1)C(=O)N1CCC(Nc2ccc(SC(F)(F)F)cc2)CC1. The van der Waals surface area contributed by atoms with Crippen LogP contribution in [0.5, 0.6) is 0 Å². The van der Waals surface area contributed by atoms with Gasteiger partial charge >= 0.3 is 5.51 Å². The van der Waals surface area contributed by atoms with Crippen LogP contribution in [0.4, 0.5) is 24.5 Å². The average molecular weight is 579 g/mol. The number of benzene rings is 2. The summed E-state index contributed by atoms with van der Waals surface area (Å²) in [4.78, 5) is 20.1. The summed E-state index contributed by atoms with van der Waals surface area (Å²) in [6, 6.07) is 15.5. The molecule has 0 aliphatic carbocycles. The van der Waals surface area contributed by atoms with Crippen LogP contribution in [-0.4, -0.2) is 73.1 Å². The molecule has 2 aliphatic heterocycles. The number of likely N-dealkylation sites (tertiary alicyclic amines) is 1. The third kappa shape index (κ3) is 9.06. The molecule has 0 spiro atoms. The fourth-order valence-corrected chi connectivity index (χ4v) is 5.91. The first kappa shape index (κ1) is 32.1. The van der Waals surface area contributed by atoms with Gasteiger partial charge < -0.3 is 15.1 Å². The highest BCUT2D eigenvalue weighted by atomic mass is 32.2. The number of carbonyl (C=O) groups excluding carboxylic acids is 1. The van der Waals surface area contributed by atoms with E-state index < -0.39 is 5.51 Å². The molecule has 1 atom stereocenters. The minimum Gasteiger partial charge on any atom is -0.382 e. The van der Waals surface area contributed by atoms with Gasteiger partial charge in [-0.15, -0.1) is 0 Å². The Kier molecular flexibility index (Phi) is 10.9. The predicted octanol–water partition coefficient (Wildman–Crippen LogP) is 7.09. The summed E-state index contributed by atoms with van der Waals surface area (Å²) in [6.07, 6.45) is 1.65. The Morgan fingerprint density at radius 3 is 2.02 bits per heavy atom. The van der Waals surface area contributed by atoms with Crippen molar-refractivity contribution >= 4 is 29.0 Å². The number of carbonyl (C=O) groups is 1. The van der Waals surface area contributed by atoms with Gasteiger partial charge in [0.05, 0.1) is 0 Å². The molecular weight excluding hydrogens is 533 g/mol. The fraction of sp³-hybridized carbons (Fsp3) is 0.581. The van der Waals surface area contributed by atoms with Gasteiger partial charge in [-0.3, -0.25) is 9.69 Å². The van der Waals surface area contributed by atoms with E-state index in [0.717, 1.165) is 51.3 Å². The largest absolute Gasteiger partial charge is 0.446 e. The van der Waals surface area contributed by atoms with E-state index in [1.807, 2.05) is 11.8 Å². The normalized spacial score (nSPS) is 18.3. The molecule has 0 bridgehead atoms. The number of thioether (sulfide) groups is 1. The quantitative estimate of drug-likeness (QED) is 0.355. The summed E-state index contributed by atoms with van der Waals surface area (Å²) < 4.78 is 37.6. The number of hydrogen-bond acceptors (Lipinski definition) is 5. The molecule has 1 unspecified atom stereocenters. The van der Waals surface area contributed by atoms with Gasteiger partial charge in [0, 0.05) is 74.0 Å². The lowest BCUT2D eigenvalue weighted by Gasteiger charge is -2.38. The first-order valence-electron chi connectivity index (χ1n) is 13.9. The Balaban J connectivity index is 0.00000441. The zero-order valence-electron chi connectivity index (χ0n) is 23.4. The maximum Gasteiger partial charge on any atom is 0.446 e. The molecule has 5 nitrogen and oxygen atoms in total. The number of rotatable bonds is 7. The lowest BCUT2D eigenvalue weighted by Crippen LogP contribution is -2.50. The zero-order chi connectivity index (χ0) is 28.2. The van der Waals surface area contributed by atoms with E-state index in [1.54, 1.807) is 12.1 Å². The standard InChI is InChI=1S/C30H41F3N4OS.CH4/c1-22(21-35-17-19-36(20-18-35)26-9-5-23(6-10-26)29(2,3)4)28(38)37-15-13-25(14-16-37)34-24-7-11-27(12-8-24)39-30(31,32)33;/h5-12,22,25,34H,13-21H2,1-4H3;1H4. The van der Waals surface area contributed by atoms with Crippen molar-refractivity contribution in [1.29, 1.82) is 0 Å². The number of piperazine rings is 1. The van der Waals surface area contributed by atoms with Gasteiger partial charge in [0.2, 0.25) is 5.91 Å². The average Bonchev–Trinajstić information content (AvgIpc) is 2.89. The van der Waals surface area contributed by atoms with Crippen molar-refractivity contribution < 1.29 is 18.0 Å². The highest BCUT2D eigenvalue weighted by Gasteiger charge is 2.30. The molecule has 2 heterocycles. The van der Waals surface area contributed by atoms with Gasteiger partial charge in [0.25, 0.3) is 0 Å². The fourth-order valence-electron chi connectivity index (χ4n) is 5.37. The molecule has 1 N–H and O–H groups in total. The van der Waals surface area contributed by atoms with Crippen molar-refractivity contribution in [1.82, 2.24) is 9.80 Å². The molecule has 0 saturated carbocycles. The van der Waals surface area contributed by atoms with Gasteiger partial charge in [-0.05, 0) is 72.0 Å². The van der Waals surface area contributed by atoms with Crippen LogP contribution in [0.1, 0.15) is 53.5 Å². The van der Waals surface area contributed by atoms with Crippen LogP contribution >= 0.6 is 11.8 Å². The topological polar surface area (TPSA) is 38.8 Å². The summed E-state index contributed by atoms with van der Waals surface area (Å²) in [7, 11) is 0. The molecule has 4 rings (SSSR count). The Hall–Kier alpha value is -2.39. The first-order chi connectivity index (χ1) is 18.4. The third-order valence-electron chi connectivity index (χ3n) is 7.69. The van der Waals surface area contributed by atoms with E-state index in [9.17, 15) is 18.0 Å². The van der Waals surface area contributed by atoms with E-state index in [1.165, 1.54) is 23.4 Å². The summed E-state index contributed by atoms with van der Waals surface area (Å²) in [6.45, 7) is 14.7. The second kappa shape index (κ2) is 13.5. The lowest BCUT2D eigenvalue weighted by molar-refractivity contribution is -0.136. The van der Waals surface area contributed by atoms with E-state index in [0.29, 0.717) is 13.1 Å². The van der Waals surface area contributed by atoms with Crippen molar-refractivity contribution in [2.75, 3.05) is 56.0 Å². The minimum atomic E-state index is -4.28. The van der Waals surface area contributed by atoms with Crippen LogP contribution in [0.25, 0.3) is 0 Å². The summed E-state index contributed by atoms with van der Waals surface area (Å²) in [5.74, 6) is 0.160. The zero-order valence-corrected chi connectivity index (χ0v) is 24.2. The number of halogens is 3. The molecule has 2 aliphatic rings. The van der Waals surface area contributed by atoms with Gasteiger partial charge in [0.1, 0.15) is 0 Å². The van der Waals surface area contributed by atoms with Crippen molar-refractivity contribution in [3.63, 3.8) is 0 Å². The van der Waals surface area contributed by atoms with Gasteiger partial charge in [-0.2, -0.15) is 13.2 Å². The Labute approximate surface area is 242 Å². The summed E-state index contributed by atoms with van der Waals surface area (Å²) in [5.41, 5.74) is -0.712. The highest BCUT2D eigenvalue weighted by molar-refractivity contribution is 8.00. The molecule has 40 heavy (non-hydrogen) atoms. The number of alkyl halides is 3. The van der Waals surface area contributed by atoms with Crippen molar-refractivity contribution in [3.8, 4) is 0 Å². The molecule has 2 aromatic rings. The van der Waals surface area contributed by atoms with Crippen LogP contribution in [-0.2, 0) is 10.2 Å². The van der Waals surface area contributed by atoms with Crippen molar-refractivity contribution in [2.45, 2.75) is 69.8 Å². The molecule has 2 saturated heterocycles. The summed E-state index contributed by atoms with van der Waals surface area (Å²) in [5, 5.41) is 3.41. The molecular formula is C31H45F3N4OS. The van der Waals surface area contributed by atoms with Gasteiger partial charge in [-0.25, -0.2) is 0 Å². The van der Waals surface area contributed by atoms with Crippen LogP contribution in [0, 0.1) is 5.92 Å². The monoisotopic (exact) mass is 578 g/mol. The molecule has 222 valence electrons. The van der Waals surface area contributed by atoms with Crippen LogP contribution in [0.15, 0.2) is 53.4 Å². The molecule has 1 amide bonds. The number of amides is 1. The summed E-state index contributed by atoms with van der Waals surface area (Å²) >= 11 is -0.104. The van der Waals surface area contributed by atoms with Crippen LogP contribution in [0.3, 0.4) is 0 Å². The predicted molar refractivity (Wildman–Crippen MR) is 161 cm³/mol. The molecule has 2 fully saturated rings. The van der Waals surface area contributed by atoms with E-state index in [4.69, 9.17) is 0 Å². The van der Waals surface area contributed by atoms with E-state index in [-0.39, 0.29) is 47.4 Å². The maximum atomic E-state index is 13.2. The lowest BCUT2D eigenvalue weighted by atomic mass is 9.87. The van der Waals surface area contributed by atoms with Gasteiger partial charge in [0.15, 0.2) is 0 Å². The number of hydrogen-bond donors (Lipinski definition) is 1. The Bertz CT molecular complexity index is 1070. The number of piperidine rings is 1. The molecule has 0 radical (unpaired) electrons. The smallest absolute Gasteiger partial charge is 0.382 e. The van der Waals surface area contributed by atoms with Crippen LogP contribution < -0.4 is 10.2 Å². The maximum absolute atomic E-state index is 13.2. The Morgan fingerprint density at radius 2 is 1.50 bits per heavy atom. The van der Waals surface area contributed by atoms with E-state index >= 15 is 0 Å². The first-order valence-corrected chi connectivity index (χ1v) is 14.7. The molecule has 0 aromatic heterocycles. The molecule has 9 heteroatoms. The second-order valence-corrected chi connectivity index (χ2v) is 12.9. The number of nitrogens with zero attached hydrogens (tertiary/aromatic N) is 3. The number of nitrogens with one attached hydrogen (secondary N) is 1. The highest BCUT2D eigenvalue weighted by Crippen LogP contribution is 2.37. The van der Waals surface area contributed by atoms with Crippen LogP contribution in [0.2, 0.25) is 0 Å². The molecule has 2 aromatic carbocycles. The minimum absolute atomic E-state index is 0. The second-order valence-electron chi connectivity index (χ2n) is 11.8. The van der Waals surface area contributed by atoms with Crippen molar-refractivity contribution in [2.24, 2.45) is 5.92 Å². The van der Waals surface area contributed by atoms with Crippen molar-refractivity contribution in [3.05, 3.63) is 54.1 Å². The van der Waals surface area contributed by atoms with E-state index in [2.05, 4.69) is 60.2 Å². The third-order valence-corrected chi connectivity index (χ3v) is 8.43. The Morgan fingerprint density at radius 1 is 0.925 bits per heavy atom. The van der Waals surface area contributed by atoms with Gasteiger partial charge in [-0.1, -0.05) is 47.3 Å². The number of anilines is 2.